The van der Waals surface area contributed by atoms with E-state index in [0.717, 1.165) is 11.6 Å². The van der Waals surface area contributed by atoms with Gasteiger partial charge in [0.25, 0.3) is 0 Å². The summed E-state index contributed by atoms with van der Waals surface area (Å²) in [6, 6.07) is 11.3. The van der Waals surface area contributed by atoms with Crippen LogP contribution in [0.4, 0.5) is 4.39 Å². The molecule has 4 heteroatoms. The van der Waals surface area contributed by atoms with Gasteiger partial charge in [0.15, 0.2) is 0 Å². The van der Waals surface area contributed by atoms with Gasteiger partial charge in [0.05, 0.1) is 7.11 Å². The number of ether oxygens (including phenoxy) is 1. The van der Waals surface area contributed by atoms with E-state index in [0.29, 0.717) is 22.4 Å². The van der Waals surface area contributed by atoms with Gasteiger partial charge < -0.3 is 9.84 Å². The van der Waals surface area contributed by atoms with Crippen LogP contribution in [0.15, 0.2) is 48.5 Å². The smallest absolute Gasteiger partial charge is 0.328 e. The number of carbonyl (C=O) groups is 1. The highest BCUT2D eigenvalue weighted by atomic mass is 19.1. The monoisotopic (exact) mass is 286 g/mol. The second-order valence-electron chi connectivity index (χ2n) is 4.61. The molecular weight excluding hydrogens is 271 g/mol. The fraction of sp³-hybridized carbons (Fsp3) is 0.118. The number of carboxylic acids is 1. The molecule has 0 saturated carbocycles. The first-order valence-electron chi connectivity index (χ1n) is 6.37. The Kier molecular flexibility index (Phi) is 4.38. The summed E-state index contributed by atoms with van der Waals surface area (Å²) in [5.41, 5.74) is 2.47. The molecule has 2 rings (SSSR count). The molecule has 0 aliphatic heterocycles. The Morgan fingerprint density at radius 1 is 1.24 bits per heavy atom. The van der Waals surface area contributed by atoms with Gasteiger partial charge in [-0.3, -0.25) is 0 Å². The van der Waals surface area contributed by atoms with Crippen molar-refractivity contribution >= 4 is 11.5 Å². The summed E-state index contributed by atoms with van der Waals surface area (Å²) >= 11 is 0. The first-order chi connectivity index (χ1) is 10.0. The Morgan fingerprint density at radius 3 is 2.62 bits per heavy atom. The highest BCUT2D eigenvalue weighted by Gasteiger charge is 2.13. The van der Waals surface area contributed by atoms with Crippen LogP contribution in [0.25, 0.3) is 5.57 Å². The number of aryl methyl sites for hydroxylation is 1. The molecule has 0 amide bonds. The summed E-state index contributed by atoms with van der Waals surface area (Å²) < 4.78 is 18.7. The normalized spacial score (nSPS) is 11.3. The zero-order valence-corrected chi connectivity index (χ0v) is 11.8. The van der Waals surface area contributed by atoms with Crippen molar-refractivity contribution in [2.24, 2.45) is 0 Å². The second-order valence-corrected chi connectivity index (χ2v) is 4.61. The zero-order valence-electron chi connectivity index (χ0n) is 11.8. The minimum Gasteiger partial charge on any atom is -0.496 e. The molecule has 0 bridgehead atoms. The summed E-state index contributed by atoms with van der Waals surface area (Å²) in [6.45, 7) is 1.90. The minimum absolute atomic E-state index is 0.405. The number of hydrogen-bond donors (Lipinski definition) is 1. The zero-order chi connectivity index (χ0) is 15.4. The van der Waals surface area contributed by atoms with Crippen LogP contribution in [-0.4, -0.2) is 18.2 Å². The molecule has 0 aromatic heterocycles. The molecule has 108 valence electrons. The van der Waals surface area contributed by atoms with Crippen molar-refractivity contribution in [2.75, 3.05) is 7.11 Å². The van der Waals surface area contributed by atoms with Gasteiger partial charge in [-0.15, -0.1) is 0 Å². The Morgan fingerprint density at radius 2 is 2.00 bits per heavy atom. The predicted molar refractivity (Wildman–Crippen MR) is 78.8 cm³/mol. The van der Waals surface area contributed by atoms with Gasteiger partial charge in [0.1, 0.15) is 11.6 Å². The Balaban J connectivity index is 2.67. The minimum atomic E-state index is -1.10. The molecule has 0 aliphatic rings. The Bertz CT molecular complexity index is 705. The predicted octanol–water partition coefficient (Wildman–Crippen LogP) is 3.66. The molecule has 0 unspecified atom stereocenters. The molecule has 0 fully saturated rings. The van der Waals surface area contributed by atoms with Gasteiger partial charge in [-0.05, 0) is 42.3 Å². The molecule has 1 N–H and O–H groups in total. The van der Waals surface area contributed by atoms with Crippen molar-refractivity contribution in [3.8, 4) is 5.75 Å². The lowest BCUT2D eigenvalue weighted by Gasteiger charge is -2.13. The average molecular weight is 286 g/mol. The van der Waals surface area contributed by atoms with E-state index in [1.807, 2.05) is 19.1 Å². The molecule has 0 aliphatic carbocycles. The number of aliphatic carboxylic acids is 1. The molecule has 0 radical (unpaired) electrons. The van der Waals surface area contributed by atoms with E-state index in [9.17, 15) is 9.18 Å². The van der Waals surface area contributed by atoms with E-state index in [1.54, 1.807) is 18.2 Å². The second kappa shape index (κ2) is 6.22. The van der Waals surface area contributed by atoms with E-state index in [4.69, 9.17) is 9.84 Å². The first kappa shape index (κ1) is 14.8. The van der Waals surface area contributed by atoms with Gasteiger partial charge in [-0.25, -0.2) is 9.18 Å². The summed E-state index contributed by atoms with van der Waals surface area (Å²) in [4.78, 5) is 11.1. The number of halogens is 1. The third-order valence-corrected chi connectivity index (χ3v) is 3.05. The van der Waals surface area contributed by atoms with Crippen LogP contribution in [0, 0.1) is 12.7 Å². The highest BCUT2D eigenvalue weighted by Crippen LogP contribution is 2.32. The van der Waals surface area contributed by atoms with Crippen molar-refractivity contribution in [3.63, 3.8) is 0 Å². The van der Waals surface area contributed by atoms with Crippen LogP contribution in [0.2, 0.25) is 0 Å². The number of benzene rings is 2. The van der Waals surface area contributed by atoms with E-state index < -0.39 is 11.8 Å². The van der Waals surface area contributed by atoms with Crippen molar-refractivity contribution in [1.29, 1.82) is 0 Å². The molecular formula is C17H15FO3. The van der Waals surface area contributed by atoms with Gasteiger partial charge in [0.2, 0.25) is 0 Å². The van der Waals surface area contributed by atoms with Gasteiger partial charge in [-0.1, -0.05) is 23.8 Å². The number of hydrogen-bond acceptors (Lipinski definition) is 2. The topological polar surface area (TPSA) is 46.5 Å². The van der Waals surface area contributed by atoms with E-state index in [2.05, 4.69) is 0 Å². The van der Waals surface area contributed by atoms with E-state index in [-0.39, 0.29) is 0 Å². The Labute approximate surface area is 122 Å². The van der Waals surface area contributed by atoms with Crippen LogP contribution < -0.4 is 4.74 Å². The SMILES string of the molecule is COc1ccc(C)cc1/C(=C/C(=O)O)c1cccc(F)c1. The summed E-state index contributed by atoms with van der Waals surface area (Å²) in [7, 11) is 1.51. The van der Waals surface area contributed by atoms with Crippen LogP contribution >= 0.6 is 0 Å². The van der Waals surface area contributed by atoms with Gasteiger partial charge in [0, 0.05) is 11.6 Å². The molecule has 0 spiro atoms. The summed E-state index contributed by atoms with van der Waals surface area (Å²) in [5, 5.41) is 9.10. The van der Waals surface area contributed by atoms with Crippen LogP contribution in [0.1, 0.15) is 16.7 Å². The molecule has 2 aromatic carbocycles. The third kappa shape index (κ3) is 3.48. The number of rotatable bonds is 4. The quantitative estimate of drug-likeness (QED) is 0.872. The lowest BCUT2D eigenvalue weighted by atomic mass is 9.95. The Hall–Kier alpha value is -2.62. The van der Waals surface area contributed by atoms with Gasteiger partial charge >= 0.3 is 5.97 Å². The fourth-order valence-corrected chi connectivity index (χ4v) is 2.13. The maximum Gasteiger partial charge on any atom is 0.328 e. The number of methoxy groups -OCH3 is 1. The third-order valence-electron chi connectivity index (χ3n) is 3.05. The van der Waals surface area contributed by atoms with Crippen molar-refractivity contribution in [3.05, 3.63) is 71.0 Å². The fourth-order valence-electron chi connectivity index (χ4n) is 2.13. The molecule has 3 nitrogen and oxygen atoms in total. The maximum absolute atomic E-state index is 13.4. The van der Waals surface area contributed by atoms with Crippen LogP contribution in [-0.2, 0) is 4.79 Å². The van der Waals surface area contributed by atoms with Crippen molar-refractivity contribution in [1.82, 2.24) is 0 Å². The molecule has 0 atom stereocenters. The lowest BCUT2D eigenvalue weighted by molar-refractivity contribution is -0.131. The van der Waals surface area contributed by atoms with Crippen LogP contribution in [0.5, 0.6) is 5.75 Å². The average Bonchev–Trinajstić information content (AvgIpc) is 2.44. The summed E-state index contributed by atoms with van der Waals surface area (Å²) in [5.74, 6) is -0.981. The number of carboxylic acid groups (broad SMARTS) is 1. The van der Waals surface area contributed by atoms with Crippen LogP contribution in [0.3, 0.4) is 0 Å². The molecule has 0 heterocycles. The molecule has 21 heavy (non-hydrogen) atoms. The standard InChI is InChI=1S/C17H15FO3/c1-11-6-7-16(21-2)15(8-11)14(10-17(19)20)12-4-3-5-13(18)9-12/h3-10H,1-2H3,(H,19,20)/b14-10+. The highest BCUT2D eigenvalue weighted by molar-refractivity contribution is 5.96. The van der Waals surface area contributed by atoms with Gasteiger partial charge in [-0.2, -0.15) is 0 Å². The molecule has 0 saturated heterocycles. The van der Waals surface area contributed by atoms with E-state index >= 15 is 0 Å². The summed E-state index contributed by atoms with van der Waals surface area (Å²) in [6.07, 6.45) is 1.06. The molecule has 2 aromatic rings. The first-order valence-corrected chi connectivity index (χ1v) is 6.37. The van der Waals surface area contributed by atoms with Crippen molar-refractivity contribution < 1.29 is 19.0 Å². The van der Waals surface area contributed by atoms with E-state index in [1.165, 1.54) is 19.2 Å². The van der Waals surface area contributed by atoms with Crippen molar-refractivity contribution in [2.45, 2.75) is 6.92 Å². The lowest BCUT2D eigenvalue weighted by Crippen LogP contribution is -1.98. The largest absolute Gasteiger partial charge is 0.496 e. The maximum atomic E-state index is 13.4.